The van der Waals surface area contributed by atoms with Crippen molar-refractivity contribution in [2.45, 2.75) is 37.8 Å². The van der Waals surface area contributed by atoms with Crippen molar-refractivity contribution in [2.24, 2.45) is 0 Å². The molecule has 1 aromatic rings. The highest BCUT2D eigenvalue weighted by Gasteiger charge is 2.53. The van der Waals surface area contributed by atoms with Crippen LogP contribution in [0.1, 0.15) is 29.5 Å². The van der Waals surface area contributed by atoms with Crippen LogP contribution >= 0.6 is 0 Å². The fourth-order valence-electron chi connectivity index (χ4n) is 4.18. The van der Waals surface area contributed by atoms with Crippen LogP contribution in [0.15, 0.2) is 18.2 Å². The van der Waals surface area contributed by atoms with Gasteiger partial charge in [-0.2, -0.15) is 0 Å². The summed E-state index contributed by atoms with van der Waals surface area (Å²) in [6.07, 6.45) is 5.18. The minimum atomic E-state index is -0.178. The fraction of sp³-hybridized carbons (Fsp3) is 0.500. The van der Waals surface area contributed by atoms with E-state index in [9.17, 15) is 4.79 Å². The van der Waals surface area contributed by atoms with Gasteiger partial charge in [0.25, 0.3) is 0 Å². The lowest BCUT2D eigenvalue weighted by molar-refractivity contribution is -0.117. The Bertz CT molecular complexity index is 694. The number of carbonyl (C=O) groups excluding carboxylic acids is 1. The molecule has 4 nitrogen and oxygen atoms in total. The van der Waals surface area contributed by atoms with E-state index in [1.165, 1.54) is 16.7 Å². The van der Waals surface area contributed by atoms with Crippen LogP contribution in [-0.2, 0) is 16.8 Å². The van der Waals surface area contributed by atoms with Gasteiger partial charge in [-0.1, -0.05) is 6.08 Å². The molecule has 116 valence electrons. The van der Waals surface area contributed by atoms with Crippen LogP contribution < -0.4 is 9.47 Å². The van der Waals surface area contributed by atoms with Gasteiger partial charge in [0.1, 0.15) is 6.10 Å². The Balaban J connectivity index is 2.02. The van der Waals surface area contributed by atoms with Crippen LogP contribution in [0.2, 0.25) is 0 Å². The highest BCUT2D eigenvalue weighted by Crippen LogP contribution is 2.56. The third-order valence-electron chi connectivity index (χ3n) is 5.38. The Morgan fingerprint density at radius 1 is 1.45 bits per heavy atom. The second kappa shape index (κ2) is 4.59. The number of ether oxygens (including phenoxy) is 2. The molecule has 22 heavy (non-hydrogen) atoms. The summed E-state index contributed by atoms with van der Waals surface area (Å²) in [5.74, 6) is 1.79. The van der Waals surface area contributed by atoms with Gasteiger partial charge in [-0.25, -0.2) is 0 Å². The maximum absolute atomic E-state index is 11.9. The monoisotopic (exact) mass is 299 g/mol. The lowest BCUT2D eigenvalue weighted by Crippen LogP contribution is -2.41. The summed E-state index contributed by atoms with van der Waals surface area (Å²) in [5.41, 5.74) is 3.64. The van der Waals surface area contributed by atoms with Gasteiger partial charge >= 0.3 is 0 Å². The van der Waals surface area contributed by atoms with Gasteiger partial charge in [0.05, 0.1) is 12.5 Å². The molecule has 1 aliphatic carbocycles. The highest BCUT2D eigenvalue weighted by molar-refractivity contribution is 5.92. The molecule has 0 radical (unpaired) electrons. The summed E-state index contributed by atoms with van der Waals surface area (Å²) in [6, 6.07) is 2.06. The number of methoxy groups -OCH3 is 1. The van der Waals surface area contributed by atoms with Crippen molar-refractivity contribution < 1.29 is 14.3 Å². The molecule has 0 aromatic heterocycles. The molecule has 2 atom stereocenters. The van der Waals surface area contributed by atoms with Gasteiger partial charge < -0.3 is 14.4 Å². The molecule has 0 saturated carbocycles. The summed E-state index contributed by atoms with van der Waals surface area (Å²) >= 11 is 0. The maximum Gasteiger partial charge on any atom is 0.166 e. The summed E-state index contributed by atoms with van der Waals surface area (Å²) in [4.78, 5) is 14.2. The topological polar surface area (TPSA) is 38.8 Å². The SMILES string of the molecule is COc1cc(C)c2c3c1OC1CC(=O)C=CC31CCN(C)C2. The van der Waals surface area contributed by atoms with Crippen LogP contribution in [0.4, 0.5) is 0 Å². The van der Waals surface area contributed by atoms with Crippen LogP contribution in [-0.4, -0.2) is 37.5 Å². The number of ketones is 1. The summed E-state index contributed by atoms with van der Waals surface area (Å²) < 4.78 is 11.8. The highest BCUT2D eigenvalue weighted by atomic mass is 16.5. The molecular weight excluding hydrogens is 278 g/mol. The zero-order valence-corrected chi connectivity index (χ0v) is 13.3. The Labute approximate surface area is 130 Å². The number of benzene rings is 1. The maximum atomic E-state index is 11.9. The van der Waals surface area contributed by atoms with E-state index in [0.717, 1.165) is 31.0 Å². The van der Waals surface area contributed by atoms with Crippen molar-refractivity contribution >= 4 is 5.78 Å². The largest absolute Gasteiger partial charge is 0.493 e. The van der Waals surface area contributed by atoms with E-state index >= 15 is 0 Å². The van der Waals surface area contributed by atoms with Crippen molar-refractivity contribution in [3.05, 3.63) is 34.9 Å². The molecule has 3 aliphatic rings. The van der Waals surface area contributed by atoms with Crippen molar-refractivity contribution in [1.82, 2.24) is 4.90 Å². The molecule has 1 spiro atoms. The Hall–Kier alpha value is -1.81. The van der Waals surface area contributed by atoms with Crippen LogP contribution in [0, 0.1) is 6.92 Å². The average molecular weight is 299 g/mol. The third-order valence-corrected chi connectivity index (χ3v) is 5.38. The van der Waals surface area contributed by atoms with Gasteiger partial charge in [-0.05, 0) is 50.2 Å². The predicted octanol–water partition coefficient (Wildman–Crippen LogP) is 2.37. The Kier molecular flexibility index (Phi) is 2.89. The standard InChI is InChI=1S/C18H21NO3/c1-11-8-14(21-3)17-16-13(11)10-19(2)7-6-18(16)5-4-12(20)9-15(18)22-17/h4-5,8,15H,6-7,9-10H2,1-3H3. The minimum Gasteiger partial charge on any atom is -0.493 e. The number of allylic oxidation sites excluding steroid dienone is 1. The lowest BCUT2D eigenvalue weighted by Gasteiger charge is -2.33. The first kappa shape index (κ1) is 13.8. The van der Waals surface area contributed by atoms with E-state index in [-0.39, 0.29) is 17.3 Å². The summed E-state index contributed by atoms with van der Waals surface area (Å²) in [7, 11) is 3.83. The van der Waals surface area contributed by atoms with Crippen molar-refractivity contribution in [2.75, 3.05) is 20.7 Å². The van der Waals surface area contributed by atoms with Crippen molar-refractivity contribution in [3.8, 4) is 11.5 Å². The first-order valence-corrected chi connectivity index (χ1v) is 7.83. The Morgan fingerprint density at radius 2 is 2.27 bits per heavy atom. The number of hydrogen-bond donors (Lipinski definition) is 0. The second-order valence-corrected chi connectivity index (χ2v) is 6.72. The van der Waals surface area contributed by atoms with Crippen LogP contribution in [0.3, 0.4) is 0 Å². The second-order valence-electron chi connectivity index (χ2n) is 6.72. The number of nitrogens with zero attached hydrogens (tertiary/aromatic N) is 1. The van der Waals surface area contributed by atoms with Gasteiger partial charge in [0.2, 0.25) is 0 Å². The minimum absolute atomic E-state index is 0.0963. The Morgan fingerprint density at radius 3 is 3.05 bits per heavy atom. The molecule has 0 amide bonds. The van der Waals surface area contributed by atoms with Crippen LogP contribution in [0.5, 0.6) is 11.5 Å². The molecule has 2 heterocycles. The predicted molar refractivity (Wildman–Crippen MR) is 83.5 cm³/mol. The molecule has 4 heteroatoms. The summed E-state index contributed by atoms with van der Waals surface area (Å²) in [6.45, 7) is 4.04. The molecular formula is C18H21NO3. The molecule has 1 aromatic carbocycles. The fourth-order valence-corrected chi connectivity index (χ4v) is 4.18. The molecule has 4 rings (SSSR count). The first-order chi connectivity index (χ1) is 10.5. The zero-order chi connectivity index (χ0) is 15.5. The molecule has 2 unspecified atom stereocenters. The molecule has 2 aliphatic heterocycles. The van der Waals surface area contributed by atoms with Crippen molar-refractivity contribution in [3.63, 3.8) is 0 Å². The molecule has 0 saturated heterocycles. The molecule has 0 bridgehead atoms. The number of carbonyl (C=O) groups is 1. The van der Waals surface area contributed by atoms with Gasteiger partial charge in [-0.15, -0.1) is 0 Å². The van der Waals surface area contributed by atoms with E-state index in [0.29, 0.717) is 6.42 Å². The average Bonchev–Trinajstić information content (AvgIpc) is 2.74. The first-order valence-electron chi connectivity index (χ1n) is 7.83. The third kappa shape index (κ3) is 1.70. The number of aryl methyl sites for hydroxylation is 1. The molecule has 0 fully saturated rings. The normalized spacial score (nSPS) is 29.6. The number of hydrogen-bond acceptors (Lipinski definition) is 4. The van der Waals surface area contributed by atoms with Crippen molar-refractivity contribution in [1.29, 1.82) is 0 Å². The van der Waals surface area contributed by atoms with E-state index in [1.807, 2.05) is 0 Å². The zero-order valence-electron chi connectivity index (χ0n) is 13.3. The van der Waals surface area contributed by atoms with E-state index in [2.05, 4.69) is 31.0 Å². The summed E-state index contributed by atoms with van der Waals surface area (Å²) in [5, 5.41) is 0. The van der Waals surface area contributed by atoms with E-state index in [1.54, 1.807) is 13.2 Å². The van der Waals surface area contributed by atoms with Gasteiger partial charge in [-0.3, -0.25) is 4.79 Å². The quantitative estimate of drug-likeness (QED) is 0.798. The number of rotatable bonds is 1. The van der Waals surface area contributed by atoms with Gasteiger partial charge in [0, 0.05) is 18.5 Å². The van der Waals surface area contributed by atoms with E-state index in [4.69, 9.17) is 9.47 Å². The van der Waals surface area contributed by atoms with Crippen LogP contribution in [0.25, 0.3) is 0 Å². The van der Waals surface area contributed by atoms with Gasteiger partial charge in [0.15, 0.2) is 17.3 Å². The smallest absolute Gasteiger partial charge is 0.166 e. The van der Waals surface area contributed by atoms with E-state index < -0.39 is 0 Å². The molecule has 0 N–H and O–H groups in total. The lowest BCUT2D eigenvalue weighted by atomic mass is 9.69.